The number of benzene rings is 1. The number of hydrogen-bond donors (Lipinski definition) is 2. The average Bonchev–Trinajstić information content (AvgIpc) is 2.26. The van der Waals surface area contributed by atoms with Crippen molar-refractivity contribution in [2.45, 2.75) is 25.8 Å². The SMILES string of the molecule is CC(CCC(N)=O)NC(=O)c1cccc(Cl)c1. The molecule has 0 aromatic heterocycles. The summed E-state index contributed by atoms with van der Waals surface area (Å²) < 4.78 is 0. The maximum atomic E-state index is 11.8. The Hall–Kier alpha value is -1.55. The van der Waals surface area contributed by atoms with Crippen LogP contribution in [0.5, 0.6) is 0 Å². The minimum absolute atomic E-state index is 0.103. The van der Waals surface area contributed by atoms with Crippen LogP contribution in [0.1, 0.15) is 30.1 Å². The van der Waals surface area contributed by atoms with Crippen LogP contribution in [0.4, 0.5) is 0 Å². The lowest BCUT2D eigenvalue weighted by Gasteiger charge is -2.12. The standard InChI is InChI=1S/C12H15ClN2O2/c1-8(5-6-11(14)16)15-12(17)9-3-2-4-10(13)7-9/h2-4,7-8H,5-6H2,1H3,(H2,14,16)(H,15,17). The zero-order valence-corrected chi connectivity index (χ0v) is 10.3. The maximum Gasteiger partial charge on any atom is 0.251 e. The number of hydrogen-bond acceptors (Lipinski definition) is 2. The molecule has 0 spiro atoms. The van der Waals surface area contributed by atoms with Crippen LogP contribution in [0, 0.1) is 0 Å². The van der Waals surface area contributed by atoms with Crippen molar-refractivity contribution >= 4 is 23.4 Å². The number of nitrogens with one attached hydrogen (secondary N) is 1. The van der Waals surface area contributed by atoms with Gasteiger partial charge >= 0.3 is 0 Å². The summed E-state index contributed by atoms with van der Waals surface area (Å²) in [5, 5.41) is 3.29. The molecule has 0 saturated carbocycles. The van der Waals surface area contributed by atoms with Gasteiger partial charge in [0.05, 0.1) is 0 Å². The van der Waals surface area contributed by atoms with Gasteiger partial charge in [0.2, 0.25) is 5.91 Å². The zero-order chi connectivity index (χ0) is 12.8. The van der Waals surface area contributed by atoms with Crippen LogP contribution in [0.15, 0.2) is 24.3 Å². The number of carbonyl (C=O) groups is 2. The van der Waals surface area contributed by atoms with Crippen molar-refractivity contribution in [3.05, 3.63) is 34.9 Å². The molecule has 1 aromatic carbocycles. The van der Waals surface area contributed by atoms with E-state index < -0.39 is 0 Å². The van der Waals surface area contributed by atoms with Crippen molar-refractivity contribution in [3.63, 3.8) is 0 Å². The molecular formula is C12H15ClN2O2. The average molecular weight is 255 g/mol. The van der Waals surface area contributed by atoms with Crippen LogP contribution in [-0.4, -0.2) is 17.9 Å². The summed E-state index contributed by atoms with van der Waals surface area (Å²) in [5.41, 5.74) is 5.54. The topological polar surface area (TPSA) is 72.2 Å². The molecule has 3 N–H and O–H groups in total. The third-order valence-corrected chi connectivity index (χ3v) is 2.52. The fourth-order valence-electron chi connectivity index (χ4n) is 1.37. The van der Waals surface area contributed by atoms with Crippen molar-refractivity contribution in [1.82, 2.24) is 5.32 Å². The first kappa shape index (κ1) is 13.5. The molecule has 92 valence electrons. The normalized spacial score (nSPS) is 11.9. The van der Waals surface area contributed by atoms with Gasteiger partial charge < -0.3 is 11.1 Å². The predicted octanol–water partition coefficient (Wildman–Crippen LogP) is 1.72. The highest BCUT2D eigenvalue weighted by atomic mass is 35.5. The fourth-order valence-corrected chi connectivity index (χ4v) is 1.56. The largest absolute Gasteiger partial charge is 0.370 e. The van der Waals surface area contributed by atoms with Crippen molar-refractivity contribution in [1.29, 1.82) is 0 Å². The number of carbonyl (C=O) groups excluding carboxylic acids is 2. The van der Waals surface area contributed by atoms with Crippen LogP contribution in [0.25, 0.3) is 0 Å². The lowest BCUT2D eigenvalue weighted by molar-refractivity contribution is -0.118. The molecule has 0 bridgehead atoms. The first-order valence-electron chi connectivity index (χ1n) is 5.34. The Bertz CT molecular complexity index is 421. The van der Waals surface area contributed by atoms with E-state index in [4.69, 9.17) is 17.3 Å². The van der Waals surface area contributed by atoms with Gasteiger partial charge in [-0.25, -0.2) is 0 Å². The van der Waals surface area contributed by atoms with Crippen LogP contribution < -0.4 is 11.1 Å². The van der Waals surface area contributed by atoms with Gasteiger partial charge in [-0.2, -0.15) is 0 Å². The molecule has 4 nitrogen and oxygen atoms in total. The Morgan fingerprint density at radius 2 is 2.18 bits per heavy atom. The van der Waals surface area contributed by atoms with E-state index >= 15 is 0 Å². The Kier molecular flexibility index (Phi) is 4.97. The lowest BCUT2D eigenvalue weighted by Crippen LogP contribution is -2.33. The van der Waals surface area contributed by atoms with Gasteiger partial charge in [-0.1, -0.05) is 17.7 Å². The number of primary amides is 1. The summed E-state index contributed by atoms with van der Waals surface area (Å²) in [6, 6.07) is 6.59. The molecule has 1 aromatic rings. The maximum absolute atomic E-state index is 11.8. The number of amides is 2. The molecule has 2 amide bonds. The first-order valence-corrected chi connectivity index (χ1v) is 5.71. The van der Waals surface area contributed by atoms with Crippen molar-refractivity contribution in [2.75, 3.05) is 0 Å². The summed E-state index contributed by atoms with van der Waals surface area (Å²) in [6.45, 7) is 1.82. The highest BCUT2D eigenvalue weighted by Gasteiger charge is 2.10. The highest BCUT2D eigenvalue weighted by Crippen LogP contribution is 2.10. The van der Waals surface area contributed by atoms with Gasteiger partial charge in [0.15, 0.2) is 0 Å². The molecule has 0 aliphatic rings. The summed E-state index contributed by atoms with van der Waals surface area (Å²) >= 11 is 5.79. The number of rotatable bonds is 5. The fraction of sp³-hybridized carbons (Fsp3) is 0.333. The molecule has 1 atom stereocenters. The van der Waals surface area contributed by atoms with E-state index in [1.165, 1.54) is 0 Å². The van der Waals surface area contributed by atoms with Gasteiger partial charge in [0, 0.05) is 23.0 Å². The minimum Gasteiger partial charge on any atom is -0.370 e. The Morgan fingerprint density at radius 1 is 1.47 bits per heavy atom. The van der Waals surface area contributed by atoms with Crippen LogP contribution in [0.2, 0.25) is 5.02 Å². The molecular weight excluding hydrogens is 240 g/mol. The van der Waals surface area contributed by atoms with Crippen LogP contribution >= 0.6 is 11.6 Å². The Balaban J connectivity index is 2.51. The van der Waals surface area contributed by atoms with Gasteiger partial charge in [-0.15, -0.1) is 0 Å². The highest BCUT2D eigenvalue weighted by molar-refractivity contribution is 6.30. The predicted molar refractivity (Wildman–Crippen MR) is 66.8 cm³/mol. The third kappa shape index (κ3) is 4.87. The summed E-state index contributed by atoms with van der Waals surface area (Å²) in [7, 11) is 0. The van der Waals surface area contributed by atoms with E-state index in [9.17, 15) is 9.59 Å². The van der Waals surface area contributed by atoms with Crippen molar-refractivity contribution < 1.29 is 9.59 Å². The van der Waals surface area contributed by atoms with E-state index in [1.807, 2.05) is 6.92 Å². The first-order chi connectivity index (χ1) is 7.99. The van der Waals surface area contributed by atoms with E-state index in [0.29, 0.717) is 17.0 Å². The molecule has 0 fully saturated rings. The van der Waals surface area contributed by atoms with Gasteiger partial charge in [0.25, 0.3) is 5.91 Å². The van der Waals surface area contributed by atoms with Crippen LogP contribution in [0.3, 0.4) is 0 Å². The molecule has 0 radical (unpaired) electrons. The zero-order valence-electron chi connectivity index (χ0n) is 9.57. The smallest absolute Gasteiger partial charge is 0.251 e. The second kappa shape index (κ2) is 6.25. The summed E-state index contributed by atoms with van der Waals surface area (Å²) in [4.78, 5) is 22.4. The molecule has 0 heterocycles. The van der Waals surface area contributed by atoms with E-state index in [1.54, 1.807) is 24.3 Å². The van der Waals surface area contributed by atoms with Gasteiger partial charge in [0.1, 0.15) is 0 Å². The summed E-state index contributed by atoms with van der Waals surface area (Å²) in [6.07, 6.45) is 0.790. The lowest BCUT2D eigenvalue weighted by atomic mass is 10.1. The quantitative estimate of drug-likeness (QED) is 0.840. The van der Waals surface area contributed by atoms with E-state index in [2.05, 4.69) is 5.32 Å². The van der Waals surface area contributed by atoms with Gasteiger partial charge in [-0.3, -0.25) is 9.59 Å². The van der Waals surface area contributed by atoms with Gasteiger partial charge in [-0.05, 0) is 31.5 Å². The second-order valence-electron chi connectivity index (χ2n) is 3.89. The molecule has 17 heavy (non-hydrogen) atoms. The second-order valence-corrected chi connectivity index (χ2v) is 4.33. The molecule has 0 aliphatic carbocycles. The molecule has 1 unspecified atom stereocenters. The Morgan fingerprint density at radius 3 is 2.76 bits per heavy atom. The number of halogens is 1. The Labute approximate surface area is 105 Å². The van der Waals surface area contributed by atoms with Crippen molar-refractivity contribution in [3.8, 4) is 0 Å². The summed E-state index contributed by atoms with van der Waals surface area (Å²) in [5.74, 6) is -0.571. The molecule has 1 rings (SSSR count). The number of nitrogens with two attached hydrogens (primary N) is 1. The van der Waals surface area contributed by atoms with Crippen molar-refractivity contribution in [2.24, 2.45) is 5.73 Å². The monoisotopic (exact) mass is 254 g/mol. The molecule has 0 saturated heterocycles. The van der Waals surface area contributed by atoms with E-state index in [0.717, 1.165) is 0 Å². The molecule has 5 heteroatoms. The third-order valence-electron chi connectivity index (χ3n) is 2.29. The van der Waals surface area contributed by atoms with Crippen LogP contribution in [-0.2, 0) is 4.79 Å². The van der Waals surface area contributed by atoms with E-state index in [-0.39, 0.29) is 24.3 Å². The minimum atomic E-state index is -0.367. The molecule has 0 aliphatic heterocycles.